The summed E-state index contributed by atoms with van der Waals surface area (Å²) in [5, 5.41) is 4.60. The van der Waals surface area contributed by atoms with Crippen molar-refractivity contribution in [3.05, 3.63) is 86.3 Å². The summed E-state index contributed by atoms with van der Waals surface area (Å²) in [5.74, 6) is 1.98. The number of fused-ring (bicyclic) bond motifs is 2. The van der Waals surface area contributed by atoms with Crippen LogP contribution in [0.15, 0.2) is 59.5 Å². The van der Waals surface area contributed by atoms with Gasteiger partial charge in [-0.1, -0.05) is 48.2 Å². The number of amides is 1. The van der Waals surface area contributed by atoms with Crippen LogP contribution in [0.25, 0.3) is 5.69 Å². The van der Waals surface area contributed by atoms with Gasteiger partial charge in [0.25, 0.3) is 11.5 Å². The number of carbonyl (C=O) groups is 1. The number of carbonyl (C=O) groups excluding carboxylic acids is 1. The third-order valence-electron chi connectivity index (χ3n) is 8.39. The Morgan fingerprint density at radius 2 is 1.83 bits per heavy atom. The first-order chi connectivity index (χ1) is 16.9. The van der Waals surface area contributed by atoms with Gasteiger partial charge < -0.3 is 5.32 Å². The minimum atomic E-state index is -0.325. The fourth-order valence-corrected chi connectivity index (χ4v) is 7.40. The average molecular weight is 510 g/mol. The van der Waals surface area contributed by atoms with Crippen LogP contribution in [0, 0.1) is 17.8 Å². The molecule has 4 atom stereocenters. The summed E-state index contributed by atoms with van der Waals surface area (Å²) >= 11 is 12.3. The van der Waals surface area contributed by atoms with Crippen LogP contribution in [0.5, 0.6) is 0 Å². The molecule has 3 bridgehead atoms. The lowest BCUT2D eigenvalue weighted by molar-refractivity contribution is 0.0823. The van der Waals surface area contributed by atoms with Crippen molar-refractivity contribution in [2.24, 2.45) is 17.8 Å². The maximum atomic E-state index is 13.6. The largest absolute Gasteiger partial charge is 0.346 e. The zero-order chi connectivity index (χ0) is 24.2. The SMILES string of the molecule is O=C(N[C@]12CCCC3CC(CC3C1)C2)c1cn(Cc2cccc(Cl)c2)n(-c2ccc(Cl)cc2)c1=O. The van der Waals surface area contributed by atoms with Crippen LogP contribution >= 0.6 is 23.2 Å². The fourth-order valence-electron chi connectivity index (χ4n) is 7.06. The molecule has 0 aliphatic heterocycles. The smallest absolute Gasteiger partial charge is 0.284 e. The molecule has 3 aromatic rings. The van der Waals surface area contributed by atoms with Crippen LogP contribution in [0.1, 0.15) is 60.9 Å². The second-order valence-electron chi connectivity index (χ2n) is 10.8. The predicted octanol–water partition coefficient (Wildman–Crippen LogP) is 6.08. The Kier molecular flexibility index (Phi) is 5.81. The maximum absolute atomic E-state index is 13.6. The van der Waals surface area contributed by atoms with Gasteiger partial charge in [0.15, 0.2) is 0 Å². The quantitative estimate of drug-likeness (QED) is 0.452. The summed E-state index contributed by atoms with van der Waals surface area (Å²) in [4.78, 5) is 27.3. The van der Waals surface area contributed by atoms with Crippen molar-refractivity contribution in [2.45, 2.75) is 57.0 Å². The van der Waals surface area contributed by atoms with E-state index in [2.05, 4.69) is 5.32 Å². The molecule has 5 nitrogen and oxygen atoms in total. The number of nitrogens with zero attached hydrogens (tertiary/aromatic N) is 2. The Labute approximate surface area is 215 Å². The van der Waals surface area contributed by atoms with Crippen LogP contribution in [0.3, 0.4) is 0 Å². The minimum Gasteiger partial charge on any atom is -0.346 e. The molecular weight excluding hydrogens is 481 g/mol. The first-order valence-electron chi connectivity index (χ1n) is 12.5. The van der Waals surface area contributed by atoms with E-state index >= 15 is 0 Å². The molecule has 1 heterocycles. The van der Waals surface area contributed by atoms with Crippen molar-refractivity contribution < 1.29 is 4.79 Å². The van der Waals surface area contributed by atoms with E-state index in [-0.39, 0.29) is 22.6 Å². The summed E-state index contributed by atoms with van der Waals surface area (Å²) in [5.41, 5.74) is 1.28. The molecular formula is C28H29Cl2N3O2. The summed E-state index contributed by atoms with van der Waals surface area (Å²) in [6, 6.07) is 14.6. The summed E-state index contributed by atoms with van der Waals surface area (Å²) in [6.07, 6.45) is 9.83. The van der Waals surface area contributed by atoms with Crippen molar-refractivity contribution in [3.8, 4) is 5.69 Å². The second kappa shape index (κ2) is 8.86. The molecule has 0 saturated heterocycles. The molecule has 1 aromatic heterocycles. The predicted molar refractivity (Wildman–Crippen MR) is 139 cm³/mol. The molecule has 6 rings (SSSR count). The normalized spacial score (nSPS) is 27.1. The molecule has 3 aliphatic carbocycles. The fraction of sp³-hybridized carbons (Fsp3) is 0.429. The molecule has 1 N–H and O–H groups in total. The number of hydrogen-bond donors (Lipinski definition) is 1. The van der Waals surface area contributed by atoms with Crippen molar-refractivity contribution >= 4 is 29.1 Å². The van der Waals surface area contributed by atoms with Gasteiger partial charge in [-0.25, -0.2) is 4.68 Å². The number of benzene rings is 2. The third-order valence-corrected chi connectivity index (χ3v) is 8.87. The number of rotatable bonds is 5. The molecule has 1 amide bonds. The van der Waals surface area contributed by atoms with Gasteiger partial charge in [0, 0.05) is 21.8 Å². The van der Waals surface area contributed by atoms with E-state index < -0.39 is 0 Å². The van der Waals surface area contributed by atoms with Crippen LogP contribution in [-0.4, -0.2) is 20.8 Å². The van der Waals surface area contributed by atoms with Crippen LogP contribution in [0.2, 0.25) is 10.0 Å². The van der Waals surface area contributed by atoms with Crippen molar-refractivity contribution in [3.63, 3.8) is 0 Å². The van der Waals surface area contributed by atoms with Crippen molar-refractivity contribution in [2.75, 3.05) is 0 Å². The monoisotopic (exact) mass is 509 g/mol. The van der Waals surface area contributed by atoms with E-state index in [1.54, 1.807) is 39.8 Å². The number of hydrogen-bond acceptors (Lipinski definition) is 2. The van der Waals surface area contributed by atoms with E-state index in [1.165, 1.54) is 19.3 Å². The van der Waals surface area contributed by atoms with E-state index in [4.69, 9.17) is 23.2 Å². The molecule has 35 heavy (non-hydrogen) atoms. The van der Waals surface area contributed by atoms with Gasteiger partial charge in [0.1, 0.15) is 5.56 Å². The Morgan fingerprint density at radius 3 is 2.63 bits per heavy atom. The Bertz CT molecular complexity index is 1330. The first-order valence-corrected chi connectivity index (χ1v) is 13.3. The number of nitrogens with one attached hydrogen (secondary N) is 1. The molecule has 0 spiro atoms. The second-order valence-corrected chi connectivity index (χ2v) is 11.6. The van der Waals surface area contributed by atoms with Gasteiger partial charge in [0.05, 0.1) is 12.2 Å². The molecule has 2 aromatic carbocycles. The molecule has 0 radical (unpaired) electrons. The Balaban J connectivity index is 1.36. The zero-order valence-electron chi connectivity index (χ0n) is 19.6. The molecule has 3 aliphatic rings. The third kappa shape index (κ3) is 4.34. The highest BCUT2D eigenvalue weighted by Gasteiger charge is 2.50. The highest BCUT2D eigenvalue weighted by Crippen LogP contribution is 2.55. The van der Waals surface area contributed by atoms with Gasteiger partial charge >= 0.3 is 0 Å². The molecule has 182 valence electrons. The average Bonchev–Trinajstić information content (AvgIpc) is 3.25. The molecule has 3 unspecified atom stereocenters. The van der Waals surface area contributed by atoms with Gasteiger partial charge in [-0.15, -0.1) is 0 Å². The first kappa shape index (κ1) is 22.9. The van der Waals surface area contributed by atoms with Gasteiger partial charge in [-0.2, -0.15) is 0 Å². The minimum absolute atomic E-state index is 0.176. The topological polar surface area (TPSA) is 56.0 Å². The van der Waals surface area contributed by atoms with Gasteiger partial charge in [0.2, 0.25) is 0 Å². The summed E-state index contributed by atoms with van der Waals surface area (Å²) in [7, 11) is 0. The lowest BCUT2D eigenvalue weighted by Gasteiger charge is -2.40. The lowest BCUT2D eigenvalue weighted by Crippen LogP contribution is -2.52. The van der Waals surface area contributed by atoms with Crippen molar-refractivity contribution in [1.82, 2.24) is 14.7 Å². The van der Waals surface area contributed by atoms with Gasteiger partial charge in [-0.3, -0.25) is 14.3 Å². The summed E-state index contributed by atoms with van der Waals surface area (Å²) < 4.78 is 3.34. The van der Waals surface area contributed by atoms with E-state index in [9.17, 15) is 9.59 Å². The highest BCUT2D eigenvalue weighted by molar-refractivity contribution is 6.30. The van der Waals surface area contributed by atoms with E-state index in [1.807, 2.05) is 24.3 Å². The highest BCUT2D eigenvalue weighted by atomic mass is 35.5. The zero-order valence-corrected chi connectivity index (χ0v) is 21.1. The maximum Gasteiger partial charge on any atom is 0.284 e. The molecule has 7 heteroatoms. The number of aromatic nitrogens is 2. The van der Waals surface area contributed by atoms with Gasteiger partial charge in [-0.05, 0) is 91.8 Å². The number of halogens is 2. The van der Waals surface area contributed by atoms with E-state index in [0.29, 0.717) is 28.2 Å². The molecule has 3 fully saturated rings. The van der Waals surface area contributed by atoms with Crippen molar-refractivity contribution in [1.29, 1.82) is 0 Å². The van der Waals surface area contributed by atoms with Crippen LogP contribution in [0.4, 0.5) is 0 Å². The Hall–Kier alpha value is -2.50. The Morgan fingerprint density at radius 1 is 1.03 bits per heavy atom. The standard InChI is InChI=1S/C28H29Cl2N3O2/c29-22-6-8-24(9-7-22)33-27(35)25(17-32(33)16-18-3-1-5-23(30)13-18)26(34)31-28-10-2-4-20-11-19(14-28)12-21(20)15-28/h1,3,5-9,13,17,19-21H,2,4,10-12,14-16H2,(H,31,34)/t19?,20?,21?,28-/m0/s1. The summed E-state index contributed by atoms with van der Waals surface area (Å²) in [6.45, 7) is 0.405. The van der Waals surface area contributed by atoms with E-state index in [0.717, 1.165) is 43.1 Å². The van der Waals surface area contributed by atoms with Crippen LogP contribution < -0.4 is 10.9 Å². The van der Waals surface area contributed by atoms with Crippen LogP contribution in [-0.2, 0) is 6.54 Å². The lowest BCUT2D eigenvalue weighted by atomic mass is 9.73. The molecule has 3 saturated carbocycles.